The molecular formula is C2H4F3LiO6S. The van der Waals surface area contributed by atoms with Crippen molar-refractivity contribution in [1.29, 1.82) is 0 Å². The molecule has 13 heavy (non-hydrogen) atoms. The fourth-order valence-corrected chi connectivity index (χ4v) is 0. The molecule has 0 unspecified atom stereocenters. The molecule has 0 aliphatic heterocycles. The minimum absolute atomic E-state index is 0. The Hall–Kier alpha value is -0.433. The minimum atomic E-state index is -5.84. The Labute approximate surface area is 83.8 Å². The molecule has 0 amide bonds. The van der Waals surface area contributed by atoms with Crippen LogP contribution in [0.25, 0.3) is 0 Å². The maximum Gasteiger partial charge on any atom is 1.00 e. The Morgan fingerprint density at radius 3 is 1.31 bits per heavy atom. The molecule has 0 aromatic carbocycles. The van der Waals surface area contributed by atoms with Gasteiger partial charge in [0.05, 0.1) is 0 Å². The van der Waals surface area contributed by atoms with Gasteiger partial charge in [0.25, 0.3) is 0 Å². The average molecular weight is 220 g/mol. The molecule has 0 radical (unpaired) electrons. The number of hydrogen-bond donors (Lipinski definition) is 3. The van der Waals surface area contributed by atoms with E-state index in [1.807, 2.05) is 0 Å². The van der Waals surface area contributed by atoms with Gasteiger partial charge in [-0.05, 0) is 0 Å². The smallest absolute Gasteiger partial charge is 1.00 e. The van der Waals surface area contributed by atoms with Gasteiger partial charge >= 0.3 is 40.6 Å². The van der Waals surface area contributed by atoms with Crippen LogP contribution in [0.1, 0.15) is 1.43 Å². The number of alkyl halides is 3. The second-order valence-electron chi connectivity index (χ2n) is 1.20. The molecule has 0 bridgehead atoms. The van der Waals surface area contributed by atoms with Crippen LogP contribution in [-0.2, 0) is 10.1 Å². The zero-order valence-corrected chi connectivity index (χ0v) is 6.93. The Bertz CT molecular complexity index is 244. The van der Waals surface area contributed by atoms with Crippen LogP contribution in [0.4, 0.5) is 18.0 Å². The predicted molar refractivity (Wildman–Crippen MR) is 29.4 cm³/mol. The van der Waals surface area contributed by atoms with Crippen molar-refractivity contribution < 1.29 is 61.4 Å². The van der Waals surface area contributed by atoms with Crippen LogP contribution in [-0.4, -0.2) is 34.8 Å². The maximum atomic E-state index is 10.7. The van der Waals surface area contributed by atoms with E-state index in [1.165, 1.54) is 0 Å². The van der Waals surface area contributed by atoms with Crippen molar-refractivity contribution in [2.45, 2.75) is 5.51 Å². The van der Waals surface area contributed by atoms with Crippen LogP contribution in [0, 0.1) is 0 Å². The third-order valence-corrected chi connectivity index (χ3v) is 0.877. The molecule has 76 valence electrons. The van der Waals surface area contributed by atoms with Crippen LogP contribution < -0.4 is 18.9 Å². The molecule has 0 fully saturated rings. The zero-order valence-electron chi connectivity index (χ0n) is 7.11. The first-order valence-corrected chi connectivity index (χ1v) is 3.38. The quantitative estimate of drug-likeness (QED) is 0.241. The molecule has 0 aromatic rings. The molecule has 3 N–H and O–H groups in total. The zero-order chi connectivity index (χ0) is 10.6. The van der Waals surface area contributed by atoms with Gasteiger partial charge in [0, 0.05) is 0 Å². The number of rotatable bonds is 0. The summed E-state index contributed by atoms with van der Waals surface area (Å²) in [5, 5.41) is 13.9. The van der Waals surface area contributed by atoms with Crippen molar-refractivity contribution in [3.8, 4) is 0 Å². The summed E-state index contributed by atoms with van der Waals surface area (Å²) in [5.74, 6) is 0. The van der Waals surface area contributed by atoms with Gasteiger partial charge < -0.3 is 11.6 Å². The normalized spacial score (nSPS) is 10.5. The maximum absolute atomic E-state index is 10.7. The first-order chi connectivity index (χ1) is 4.98. The van der Waals surface area contributed by atoms with Crippen LogP contribution in [0.2, 0.25) is 0 Å². The van der Waals surface area contributed by atoms with Crippen molar-refractivity contribution in [2.75, 3.05) is 0 Å². The van der Waals surface area contributed by atoms with Gasteiger partial charge in [-0.2, -0.15) is 21.6 Å². The third-order valence-electron chi connectivity index (χ3n) is 0.292. The van der Waals surface area contributed by atoms with E-state index in [0.717, 1.165) is 0 Å². The van der Waals surface area contributed by atoms with E-state index in [-0.39, 0.29) is 20.3 Å². The molecule has 0 aliphatic rings. The summed E-state index contributed by atoms with van der Waals surface area (Å²) in [4.78, 5) is 8.56. The van der Waals surface area contributed by atoms with Crippen molar-refractivity contribution in [3.63, 3.8) is 0 Å². The molecule has 0 spiro atoms. The summed E-state index contributed by atoms with van der Waals surface area (Å²) >= 11 is 0. The topological polar surface area (TPSA) is 112 Å². The van der Waals surface area contributed by atoms with Gasteiger partial charge in [0.15, 0.2) is 0 Å². The fourth-order valence-electron chi connectivity index (χ4n) is 0. The van der Waals surface area contributed by atoms with E-state index >= 15 is 0 Å². The second kappa shape index (κ2) is 6.09. The summed E-state index contributed by atoms with van der Waals surface area (Å²) < 4.78 is 57.5. The van der Waals surface area contributed by atoms with Crippen molar-refractivity contribution in [1.82, 2.24) is 0 Å². The number of hydrogen-bond acceptors (Lipinski definition) is 3. The Balaban J connectivity index is -0.0000000733. The predicted octanol–water partition coefficient (Wildman–Crippen LogP) is -2.27. The first kappa shape index (κ1) is 18.4. The molecule has 6 nitrogen and oxygen atoms in total. The van der Waals surface area contributed by atoms with Crippen LogP contribution in [0.5, 0.6) is 0 Å². The number of halogens is 3. The summed E-state index contributed by atoms with van der Waals surface area (Å²) in [7, 11) is -5.84. The molecule has 0 saturated heterocycles. The molecule has 0 heterocycles. The molecule has 0 saturated carbocycles. The Morgan fingerprint density at radius 1 is 1.23 bits per heavy atom. The van der Waals surface area contributed by atoms with Gasteiger partial charge in [-0.15, -0.1) is 0 Å². The van der Waals surface area contributed by atoms with E-state index in [9.17, 15) is 13.2 Å². The van der Waals surface area contributed by atoms with Crippen molar-refractivity contribution in [2.24, 2.45) is 0 Å². The van der Waals surface area contributed by atoms with Gasteiger partial charge in [-0.25, -0.2) is 4.79 Å². The monoisotopic (exact) mass is 220 g/mol. The third kappa shape index (κ3) is 14.4. The van der Waals surface area contributed by atoms with Crippen molar-refractivity contribution >= 4 is 16.3 Å². The molecule has 0 aromatic heterocycles. The van der Waals surface area contributed by atoms with Crippen LogP contribution >= 0.6 is 0 Å². The number of carboxylic acid groups (broad SMARTS) is 2. The van der Waals surface area contributed by atoms with E-state index in [2.05, 4.69) is 0 Å². The van der Waals surface area contributed by atoms with E-state index in [0.29, 0.717) is 0 Å². The van der Waals surface area contributed by atoms with E-state index < -0.39 is 21.8 Å². The molecular weight excluding hydrogens is 216 g/mol. The Morgan fingerprint density at radius 2 is 1.31 bits per heavy atom. The summed E-state index contributed by atoms with van der Waals surface area (Å²) in [5.41, 5.74) is -5.53. The minimum Gasteiger partial charge on any atom is -1.00 e. The fraction of sp³-hybridized carbons (Fsp3) is 0.500. The summed E-state index contributed by atoms with van der Waals surface area (Å²) in [6.07, 6.45) is -1.83. The van der Waals surface area contributed by atoms with Gasteiger partial charge in [0.2, 0.25) is 0 Å². The van der Waals surface area contributed by atoms with Gasteiger partial charge in [-0.3, -0.25) is 4.55 Å². The molecule has 11 heteroatoms. The Kier molecular flexibility index (Phi) is 8.60. The van der Waals surface area contributed by atoms with Gasteiger partial charge in [0.1, 0.15) is 0 Å². The van der Waals surface area contributed by atoms with E-state index in [4.69, 9.17) is 28.0 Å². The van der Waals surface area contributed by atoms with Crippen LogP contribution in [0.15, 0.2) is 0 Å². The molecule has 0 atom stereocenters. The van der Waals surface area contributed by atoms with Crippen molar-refractivity contribution in [3.05, 3.63) is 0 Å². The summed E-state index contributed by atoms with van der Waals surface area (Å²) in [6.45, 7) is 0. The van der Waals surface area contributed by atoms with Crippen LogP contribution in [0.3, 0.4) is 0 Å². The standard InChI is InChI=1S/CHF3O3S.CH2O3.Li.H/c2-1(3,4)8(5,6)7;2-1(3)4;;/h(H,5,6,7);(H2,2,3,4);;/q;;+1;-1. The second-order valence-corrected chi connectivity index (χ2v) is 2.62. The molecule has 0 aliphatic carbocycles. The SMILES string of the molecule is O=C(O)O.O=S(=O)(O)C(F)(F)F.[H-].[Li+]. The average Bonchev–Trinajstić information content (AvgIpc) is 1.55. The first-order valence-electron chi connectivity index (χ1n) is 1.94. The molecule has 0 rings (SSSR count). The summed E-state index contributed by atoms with van der Waals surface area (Å²) in [6, 6.07) is 0. The van der Waals surface area contributed by atoms with E-state index in [1.54, 1.807) is 0 Å². The van der Waals surface area contributed by atoms with Gasteiger partial charge in [-0.1, -0.05) is 0 Å². The largest absolute Gasteiger partial charge is 1.00 e. The number of carbonyl (C=O) groups is 1.